The lowest BCUT2D eigenvalue weighted by atomic mass is 10.1. The molecule has 19 heavy (non-hydrogen) atoms. The van der Waals surface area contributed by atoms with Crippen LogP contribution in [-0.2, 0) is 6.54 Å². The Bertz CT molecular complexity index is 530. The molecular weight excluding hydrogens is 262 g/mol. The summed E-state index contributed by atoms with van der Waals surface area (Å²) in [6.45, 7) is 1.38. The number of rotatable bonds is 8. The molecule has 2 aromatic rings. The van der Waals surface area contributed by atoms with Crippen LogP contribution in [0.4, 0.5) is 0 Å². The summed E-state index contributed by atoms with van der Waals surface area (Å²) in [5, 5.41) is 6.15. The average molecular weight is 281 g/mol. The number of unbranched alkanes of at least 4 members (excludes halogenated alkanes) is 4. The van der Waals surface area contributed by atoms with Crippen molar-refractivity contribution in [2.24, 2.45) is 5.73 Å². The second-order valence-corrected chi connectivity index (χ2v) is 5.38. The molecule has 6 heteroatoms. The lowest BCUT2D eigenvalue weighted by molar-refractivity contribution is 0.463. The smallest absolute Gasteiger partial charge is 0.387 e. The number of hydrogen-bond acceptors (Lipinski definition) is 5. The van der Waals surface area contributed by atoms with Crippen LogP contribution in [0.1, 0.15) is 32.1 Å². The van der Waals surface area contributed by atoms with Gasteiger partial charge in [-0.3, -0.25) is 0 Å². The predicted molar refractivity (Wildman–Crippen MR) is 76.2 cm³/mol. The highest BCUT2D eigenvalue weighted by Crippen LogP contribution is 2.21. The van der Waals surface area contributed by atoms with Gasteiger partial charge in [0.25, 0.3) is 5.89 Å². The van der Waals surface area contributed by atoms with E-state index in [0.29, 0.717) is 12.4 Å². The zero-order chi connectivity index (χ0) is 13.5. The molecular formula is C13H19N3O2S. The minimum Gasteiger partial charge on any atom is -0.387 e. The summed E-state index contributed by atoms with van der Waals surface area (Å²) in [6.07, 6.45) is 5.42. The van der Waals surface area contributed by atoms with Crippen molar-refractivity contribution in [3.05, 3.63) is 28.1 Å². The van der Waals surface area contributed by atoms with Crippen LogP contribution in [0.2, 0.25) is 0 Å². The molecule has 2 N–H and O–H groups in total. The number of thiophene rings is 1. The fourth-order valence-corrected chi connectivity index (χ4v) is 2.53. The number of aromatic nitrogens is 2. The van der Waals surface area contributed by atoms with Crippen molar-refractivity contribution in [3.63, 3.8) is 0 Å². The number of aryl methyl sites for hydroxylation is 1. The molecule has 104 valence electrons. The maximum absolute atomic E-state index is 11.6. The van der Waals surface area contributed by atoms with E-state index in [-0.39, 0.29) is 5.76 Å². The molecule has 0 atom stereocenters. The highest BCUT2D eigenvalue weighted by Gasteiger charge is 2.10. The van der Waals surface area contributed by atoms with Crippen LogP contribution < -0.4 is 11.5 Å². The summed E-state index contributed by atoms with van der Waals surface area (Å²) in [6, 6.07) is 3.81. The summed E-state index contributed by atoms with van der Waals surface area (Å²) in [5.74, 6) is 0.0495. The first-order valence-corrected chi connectivity index (χ1v) is 7.51. The number of hydrogen-bond donors (Lipinski definition) is 1. The molecule has 0 saturated heterocycles. The SMILES string of the molecule is NCCCCCCCn1nc(-c2cccs2)oc1=O. The molecule has 0 saturated carbocycles. The summed E-state index contributed by atoms with van der Waals surface area (Å²) < 4.78 is 6.56. The summed E-state index contributed by atoms with van der Waals surface area (Å²) >= 11 is 1.52. The van der Waals surface area contributed by atoms with Gasteiger partial charge < -0.3 is 10.2 Å². The second-order valence-electron chi connectivity index (χ2n) is 4.43. The number of nitrogens with zero attached hydrogens (tertiary/aromatic N) is 2. The Hall–Kier alpha value is -1.40. The Morgan fingerprint density at radius 1 is 1.26 bits per heavy atom. The average Bonchev–Trinajstić information content (AvgIpc) is 3.03. The fourth-order valence-electron chi connectivity index (χ4n) is 1.88. The molecule has 0 aliphatic carbocycles. The third kappa shape index (κ3) is 4.04. The van der Waals surface area contributed by atoms with Gasteiger partial charge >= 0.3 is 5.76 Å². The largest absolute Gasteiger partial charge is 0.437 e. The van der Waals surface area contributed by atoms with E-state index in [4.69, 9.17) is 10.2 Å². The standard InChI is InChI=1S/C13H19N3O2S/c14-8-4-2-1-3-5-9-16-13(17)18-12(15-16)11-7-6-10-19-11/h6-7,10H,1-5,8-9,14H2. The van der Waals surface area contributed by atoms with Gasteiger partial charge in [0.05, 0.1) is 4.88 Å². The molecule has 0 radical (unpaired) electrons. The molecule has 0 aliphatic rings. The molecule has 0 spiro atoms. The summed E-state index contributed by atoms with van der Waals surface area (Å²) in [7, 11) is 0. The number of nitrogens with two attached hydrogens (primary N) is 1. The van der Waals surface area contributed by atoms with Gasteiger partial charge in [-0.1, -0.05) is 25.3 Å². The monoisotopic (exact) mass is 281 g/mol. The van der Waals surface area contributed by atoms with E-state index in [0.717, 1.165) is 43.5 Å². The van der Waals surface area contributed by atoms with Crippen molar-refractivity contribution in [2.45, 2.75) is 38.6 Å². The van der Waals surface area contributed by atoms with Crippen LogP contribution in [0, 0.1) is 0 Å². The van der Waals surface area contributed by atoms with Gasteiger partial charge in [0.15, 0.2) is 0 Å². The first kappa shape index (κ1) is 14.0. The van der Waals surface area contributed by atoms with E-state index in [2.05, 4.69) is 5.10 Å². The van der Waals surface area contributed by atoms with Crippen LogP contribution in [0.15, 0.2) is 26.7 Å². The summed E-state index contributed by atoms with van der Waals surface area (Å²) in [5.41, 5.74) is 5.44. The fraction of sp³-hybridized carbons (Fsp3) is 0.538. The van der Waals surface area contributed by atoms with E-state index in [1.54, 1.807) is 0 Å². The molecule has 0 amide bonds. The van der Waals surface area contributed by atoms with Gasteiger partial charge in [0, 0.05) is 6.54 Å². The van der Waals surface area contributed by atoms with Crippen molar-refractivity contribution in [3.8, 4) is 10.8 Å². The highest BCUT2D eigenvalue weighted by molar-refractivity contribution is 7.13. The molecule has 0 unspecified atom stereocenters. The van der Waals surface area contributed by atoms with Crippen molar-refractivity contribution in [1.82, 2.24) is 9.78 Å². The Kier molecular flexibility index (Phi) is 5.35. The van der Waals surface area contributed by atoms with Crippen LogP contribution in [-0.4, -0.2) is 16.3 Å². The van der Waals surface area contributed by atoms with Gasteiger partial charge in [-0.15, -0.1) is 16.4 Å². The van der Waals surface area contributed by atoms with E-state index in [1.807, 2.05) is 17.5 Å². The Morgan fingerprint density at radius 3 is 2.79 bits per heavy atom. The van der Waals surface area contributed by atoms with Crippen LogP contribution >= 0.6 is 11.3 Å². The molecule has 0 aromatic carbocycles. The molecule has 2 heterocycles. The van der Waals surface area contributed by atoms with Gasteiger partial charge in [0.2, 0.25) is 0 Å². The maximum atomic E-state index is 11.6. The molecule has 0 fully saturated rings. The molecule has 5 nitrogen and oxygen atoms in total. The van der Waals surface area contributed by atoms with Crippen LogP contribution in [0.25, 0.3) is 10.8 Å². The Balaban J connectivity index is 1.83. The Labute approximate surface area is 116 Å². The lowest BCUT2D eigenvalue weighted by Gasteiger charge is -1.99. The van der Waals surface area contributed by atoms with E-state index in [1.165, 1.54) is 16.0 Å². The lowest BCUT2D eigenvalue weighted by Crippen LogP contribution is -2.15. The molecule has 0 aliphatic heterocycles. The second kappa shape index (κ2) is 7.25. The highest BCUT2D eigenvalue weighted by atomic mass is 32.1. The van der Waals surface area contributed by atoms with E-state index in [9.17, 15) is 4.79 Å². The zero-order valence-corrected chi connectivity index (χ0v) is 11.7. The topological polar surface area (TPSA) is 74.1 Å². The van der Waals surface area contributed by atoms with Crippen LogP contribution in [0.3, 0.4) is 0 Å². The van der Waals surface area contributed by atoms with Gasteiger partial charge in [-0.25, -0.2) is 4.79 Å². The van der Waals surface area contributed by atoms with E-state index >= 15 is 0 Å². The molecule has 0 bridgehead atoms. The van der Waals surface area contributed by atoms with E-state index < -0.39 is 0 Å². The third-order valence-electron chi connectivity index (χ3n) is 2.91. The minimum absolute atomic E-state index is 0.370. The Morgan fingerprint density at radius 2 is 2.05 bits per heavy atom. The van der Waals surface area contributed by atoms with Gasteiger partial charge in [-0.05, 0) is 30.8 Å². The maximum Gasteiger partial charge on any atom is 0.437 e. The first-order chi connectivity index (χ1) is 9.31. The van der Waals surface area contributed by atoms with Crippen LogP contribution in [0.5, 0.6) is 0 Å². The van der Waals surface area contributed by atoms with Crippen molar-refractivity contribution in [2.75, 3.05) is 6.54 Å². The van der Waals surface area contributed by atoms with Crippen molar-refractivity contribution in [1.29, 1.82) is 0 Å². The van der Waals surface area contributed by atoms with Gasteiger partial charge in [-0.2, -0.15) is 4.68 Å². The minimum atomic E-state index is -0.370. The quantitative estimate of drug-likeness (QED) is 0.754. The molecule has 2 rings (SSSR count). The summed E-state index contributed by atoms with van der Waals surface area (Å²) in [4.78, 5) is 12.5. The zero-order valence-electron chi connectivity index (χ0n) is 10.9. The van der Waals surface area contributed by atoms with Crippen molar-refractivity contribution >= 4 is 11.3 Å². The van der Waals surface area contributed by atoms with Crippen molar-refractivity contribution < 1.29 is 4.42 Å². The normalized spacial score (nSPS) is 11.0. The molecule has 2 aromatic heterocycles. The van der Waals surface area contributed by atoms with Gasteiger partial charge in [0.1, 0.15) is 0 Å². The third-order valence-corrected chi connectivity index (χ3v) is 3.77. The first-order valence-electron chi connectivity index (χ1n) is 6.63. The predicted octanol–water partition coefficient (Wildman–Crippen LogP) is 2.47.